The standard InChI is InChI=1S/C19H19N3O3/c1-3-22-19(24)16-8-6-5-7-15(16)17(21-22)18(23)20-13-9-11-14(12-10-13)25-4-2/h5-12H,3-4H2,1-2H3,(H,20,23). The number of hydrogen-bond acceptors (Lipinski definition) is 4. The van der Waals surface area contributed by atoms with Crippen LogP contribution in [0.3, 0.4) is 0 Å². The number of carbonyl (C=O) groups excluding carboxylic acids is 1. The molecule has 0 spiro atoms. The highest BCUT2D eigenvalue weighted by molar-refractivity contribution is 6.11. The van der Waals surface area contributed by atoms with Crippen LogP contribution in [0.1, 0.15) is 24.3 Å². The molecule has 0 aliphatic rings. The fourth-order valence-corrected chi connectivity index (χ4v) is 2.61. The summed E-state index contributed by atoms with van der Waals surface area (Å²) in [5.41, 5.74) is 0.662. The van der Waals surface area contributed by atoms with Gasteiger partial charge in [-0.2, -0.15) is 5.10 Å². The summed E-state index contributed by atoms with van der Waals surface area (Å²) < 4.78 is 6.69. The molecular weight excluding hydrogens is 318 g/mol. The summed E-state index contributed by atoms with van der Waals surface area (Å²) in [6, 6.07) is 14.1. The van der Waals surface area contributed by atoms with Gasteiger partial charge >= 0.3 is 0 Å². The van der Waals surface area contributed by atoms with Crippen molar-refractivity contribution in [3.8, 4) is 5.75 Å². The molecule has 0 aliphatic heterocycles. The number of carbonyl (C=O) groups is 1. The average Bonchev–Trinajstić information content (AvgIpc) is 2.64. The Balaban J connectivity index is 1.96. The lowest BCUT2D eigenvalue weighted by molar-refractivity contribution is 0.102. The molecule has 3 aromatic rings. The Morgan fingerprint density at radius 2 is 1.76 bits per heavy atom. The zero-order valence-corrected chi connectivity index (χ0v) is 14.2. The van der Waals surface area contributed by atoms with Crippen molar-refractivity contribution < 1.29 is 9.53 Å². The number of hydrogen-bond donors (Lipinski definition) is 1. The van der Waals surface area contributed by atoms with Gasteiger partial charge in [-0.3, -0.25) is 9.59 Å². The smallest absolute Gasteiger partial charge is 0.276 e. The molecule has 0 atom stereocenters. The maximum absolute atomic E-state index is 12.7. The lowest BCUT2D eigenvalue weighted by Crippen LogP contribution is -2.27. The van der Waals surface area contributed by atoms with Crippen LogP contribution in [-0.4, -0.2) is 22.3 Å². The summed E-state index contributed by atoms with van der Waals surface area (Å²) in [7, 11) is 0. The van der Waals surface area contributed by atoms with Crippen LogP contribution in [0.25, 0.3) is 10.8 Å². The van der Waals surface area contributed by atoms with Crippen molar-refractivity contribution >= 4 is 22.4 Å². The fourth-order valence-electron chi connectivity index (χ4n) is 2.61. The van der Waals surface area contributed by atoms with E-state index in [1.165, 1.54) is 4.68 Å². The second-order valence-corrected chi connectivity index (χ2v) is 5.43. The van der Waals surface area contributed by atoms with E-state index >= 15 is 0 Å². The third-order valence-electron chi connectivity index (χ3n) is 3.81. The molecule has 1 amide bonds. The van der Waals surface area contributed by atoms with Gasteiger partial charge in [0.2, 0.25) is 0 Å². The van der Waals surface area contributed by atoms with Gasteiger partial charge in [0.05, 0.1) is 12.0 Å². The lowest BCUT2D eigenvalue weighted by Gasteiger charge is -2.10. The quantitative estimate of drug-likeness (QED) is 0.776. The van der Waals surface area contributed by atoms with Gasteiger partial charge in [-0.05, 0) is 44.2 Å². The van der Waals surface area contributed by atoms with Gasteiger partial charge in [0, 0.05) is 17.6 Å². The topological polar surface area (TPSA) is 73.2 Å². The number of benzene rings is 2. The van der Waals surface area contributed by atoms with Crippen LogP contribution in [0.4, 0.5) is 5.69 Å². The Kier molecular flexibility index (Phi) is 4.79. The summed E-state index contributed by atoms with van der Waals surface area (Å²) in [5.74, 6) is 0.381. The number of rotatable bonds is 5. The van der Waals surface area contributed by atoms with Crippen LogP contribution in [-0.2, 0) is 6.54 Å². The van der Waals surface area contributed by atoms with Crippen molar-refractivity contribution in [2.75, 3.05) is 11.9 Å². The van der Waals surface area contributed by atoms with E-state index in [-0.39, 0.29) is 17.2 Å². The molecule has 1 heterocycles. The molecule has 128 valence electrons. The van der Waals surface area contributed by atoms with Gasteiger partial charge in [-0.1, -0.05) is 18.2 Å². The molecule has 6 nitrogen and oxygen atoms in total. The molecule has 25 heavy (non-hydrogen) atoms. The summed E-state index contributed by atoms with van der Waals surface area (Å²) in [4.78, 5) is 25.0. The van der Waals surface area contributed by atoms with E-state index in [0.717, 1.165) is 5.75 Å². The highest BCUT2D eigenvalue weighted by Gasteiger charge is 2.16. The van der Waals surface area contributed by atoms with Crippen LogP contribution in [0.15, 0.2) is 53.3 Å². The summed E-state index contributed by atoms with van der Waals surface area (Å²) >= 11 is 0. The van der Waals surface area contributed by atoms with E-state index in [1.807, 2.05) is 13.8 Å². The van der Waals surface area contributed by atoms with E-state index < -0.39 is 0 Å². The molecule has 0 radical (unpaired) electrons. The zero-order valence-electron chi connectivity index (χ0n) is 14.2. The van der Waals surface area contributed by atoms with Crippen LogP contribution in [0.5, 0.6) is 5.75 Å². The van der Waals surface area contributed by atoms with Gasteiger partial charge < -0.3 is 10.1 Å². The number of aryl methyl sites for hydroxylation is 1. The van der Waals surface area contributed by atoms with Crippen molar-refractivity contribution in [1.29, 1.82) is 0 Å². The zero-order chi connectivity index (χ0) is 17.8. The highest BCUT2D eigenvalue weighted by Crippen LogP contribution is 2.18. The number of fused-ring (bicyclic) bond motifs is 1. The van der Waals surface area contributed by atoms with Gasteiger partial charge in [-0.25, -0.2) is 4.68 Å². The molecule has 3 rings (SSSR count). The van der Waals surface area contributed by atoms with E-state index in [0.29, 0.717) is 29.6 Å². The molecule has 0 bridgehead atoms. The summed E-state index contributed by atoms with van der Waals surface area (Å²) in [6.07, 6.45) is 0. The molecule has 0 saturated carbocycles. The number of nitrogens with one attached hydrogen (secondary N) is 1. The highest BCUT2D eigenvalue weighted by atomic mass is 16.5. The molecule has 0 fully saturated rings. The second kappa shape index (κ2) is 7.17. The first-order valence-corrected chi connectivity index (χ1v) is 8.18. The average molecular weight is 337 g/mol. The third-order valence-corrected chi connectivity index (χ3v) is 3.81. The normalized spacial score (nSPS) is 10.6. The fraction of sp³-hybridized carbons (Fsp3) is 0.211. The van der Waals surface area contributed by atoms with E-state index in [4.69, 9.17) is 4.74 Å². The number of ether oxygens (including phenoxy) is 1. The largest absolute Gasteiger partial charge is 0.494 e. The van der Waals surface area contributed by atoms with Gasteiger partial charge in [0.15, 0.2) is 5.69 Å². The minimum atomic E-state index is -0.359. The van der Waals surface area contributed by atoms with Gasteiger partial charge in [0.1, 0.15) is 5.75 Å². The molecule has 6 heteroatoms. The monoisotopic (exact) mass is 337 g/mol. The van der Waals surface area contributed by atoms with Crippen molar-refractivity contribution in [1.82, 2.24) is 9.78 Å². The molecule has 0 aliphatic carbocycles. The van der Waals surface area contributed by atoms with Crippen molar-refractivity contribution in [3.05, 3.63) is 64.6 Å². The van der Waals surface area contributed by atoms with Crippen LogP contribution < -0.4 is 15.6 Å². The van der Waals surface area contributed by atoms with Crippen LogP contribution in [0, 0.1) is 0 Å². The van der Waals surface area contributed by atoms with Crippen molar-refractivity contribution in [3.63, 3.8) is 0 Å². The first-order chi connectivity index (χ1) is 12.1. The Bertz CT molecular complexity index is 962. The predicted octanol–water partition coefficient (Wildman–Crippen LogP) is 3.07. The first-order valence-electron chi connectivity index (χ1n) is 8.18. The molecular formula is C19H19N3O3. The lowest BCUT2D eigenvalue weighted by atomic mass is 10.1. The molecule has 1 aromatic heterocycles. The van der Waals surface area contributed by atoms with E-state index in [2.05, 4.69) is 10.4 Å². The molecule has 0 saturated heterocycles. The van der Waals surface area contributed by atoms with Crippen molar-refractivity contribution in [2.24, 2.45) is 0 Å². The Hall–Kier alpha value is -3.15. The maximum Gasteiger partial charge on any atom is 0.276 e. The van der Waals surface area contributed by atoms with E-state index in [9.17, 15) is 9.59 Å². The SMILES string of the molecule is CCOc1ccc(NC(=O)c2nn(CC)c(=O)c3ccccc23)cc1. The predicted molar refractivity (Wildman–Crippen MR) is 97.2 cm³/mol. The maximum atomic E-state index is 12.7. The van der Waals surface area contributed by atoms with E-state index in [1.54, 1.807) is 48.5 Å². The minimum absolute atomic E-state index is 0.198. The van der Waals surface area contributed by atoms with Crippen molar-refractivity contribution in [2.45, 2.75) is 20.4 Å². The number of nitrogens with zero attached hydrogens (tertiary/aromatic N) is 2. The first kappa shape index (κ1) is 16.7. The molecule has 1 N–H and O–H groups in total. The number of aromatic nitrogens is 2. The Morgan fingerprint density at radius 3 is 2.40 bits per heavy atom. The van der Waals surface area contributed by atoms with Gasteiger partial charge in [0.25, 0.3) is 11.5 Å². The molecule has 2 aromatic carbocycles. The van der Waals surface area contributed by atoms with Crippen LogP contribution >= 0.6 is 0 Å². The Labute approximate surface area is 145 Å². The van der Waals surface area contributed by atoms with Gasteiger partial charge in [-0.15, -0.1) is 0 Å². The number of amides is 1. The minimum Gasteiger partial charge on any atom is -0.494 e. The second-order valence-electron chi connectivity index (χ2n) is 5.43. The molecule has 0 unspecified atom stereocenters. The third kappa shape index (κ3) is 3.38. The number of anilines is 1. The Morgan fingerprint density at radius 1 is 1.08 bits per heavy atom. The summed E-state index contributed by atoms with van der Waals surface area (Å²) in [5, 5.41) is 8.07. The summed E-state index contributed by atoms with van der Waals surface area (Å²) in [6.45, 7) is 4.71. The van der Waals surface area contributed by atoms with Crippen LogP contribution in [0.2, 0.25) is 0 Å².